The summed E-state index contributed by atoms with van der Waals surface area (Å²) in [6.45, 7) is 1.43. The number of rotatable bonds is 7. The number of hydrogen-bond acceptors (Lipinski definition) is 2. The molecule has 0 bridgehead atoms. The minimum Gasteiger partial charge on any atom is -0.493 e. The number of halogens is 1. The first kappa shape index (κ1) is 14.4. The van der Waals surface area contributed by atoms with E-state index in [0.29, 0.717) is 6.61 Å². The molecular weight excluding hydrogens is 304 g/mol. The second-order valence-corrected chi connectivity index (χ2v) is 5.24. The minimum atomic E-state index is 0.690. The zero-order valence-electron chi connectivity index (χ0n) is 11.2. The van der Waals surface area contributed by atoms with Gasteiger partial charge in [0.15, 0.2) is 0 Å². The summed E-state index contributed by atoms with van der Waals surface area (Å²) in [7, 11) is 1.71. The molecule has 0 N–H and O–H groups in total. The molecule has 102 valence electrons. The highest BCUT2D eigenvalue weighted by molar-refractivity contribution is 9.09. The van der Waals surface area contributed by atoms with Crippen molar-refractivity contribution in [1.29, 1.82) is 0 Å². The number of methoxy groups -OCH3 is 1. The maximum atomic E-state index is 5.91. The third kappa shape index (κ3) is 3.95. The van der Waals surface area contributed by atoms with Crippen LogP contribution < -0.4 is 4.74 Å². The number of ether oxygens (including phenoxy) is 2. The fourth-order valence-electron chi connectivity index (χ4n) is 2.09. The van der Waals surface area contributed by atoms with Crippen molar-refractivity contribution in [3.8, 4) is 5.75 Å². The summed E-state index contributed by atoms with van der Waals surface area (Å²) in [5.41, 5.74) is 1.30. The Balaban J connectivity index is 2.23. The highest BCUT2D eigenvalue weighted by Crippen LogP contribution is 2.28. The van der Waals surface area contributed by atoms with E-state index in [-0.39, 0.29) is 0 Å². The lowest BCUT2D eigenvalue weighted by Crippen LogP contribution is -2.02. The average molecular weight is 323 g/mol. The van der Waals surface area contributed by atoms with Gasteiger partial charge in [-0.3, -0.25) is 0 Å². The second-order valence-electron chi connectivity index (χ2n) is 4.45. The van der Waals surface area contributed by atoms with E-state index >= 15 is 0 Å². The van der Waals surface area contributed by atoms with Crippen LogP contribution in [0.4, 0.5) is 0 Å². The van der Waals surface area contributed by atoms with Gasteiger partial charge in [-0.25, -0.2) is 0 Å². The summed E-state index contributed by atoms with van der Waals surface area (Å²) in [6, 6.07) is 12.7. The maximum absolute atomic E-state index is 5.91. The van der Waals surface area contributed by atoms with E-state index < -0.39 is 0 Å². The molecule has 0 atom stereocenters. The van der Waals surface area contributed by atoms with Crippen molar-refractivity contribution in [2.24, 2.45) is 0 Å². The lowest BCUT2D eigenvalue weighted by Gasteiger charge is -2.11. The summed E-state index contributed by atoms with van der Waals surface area (Å²) in [5, 5.41) is 3.38. The Morgan fingerprint density at radius 3 is 2.74 bits per heavy atom. The molecular formula is C16H19BrO2. The molecule has 0 heterocycles. The molecule has 0 radical (unpaired) electrons. The van der Waals surface area contributed by atoms with E-state index in [4.69, 9.17) is 9.47 Å². The third-order valence-corrected chi connectivity index (χ3v) is 3.41. The first-order valence-electron chi connectivity index (χ1n) is 6.54. The average Bonchev–Trinajstić information content (AvgIpc) is 2.44. The summed E-state index contributed by atoms with van der Waals surface area (Å²) in [5.74, 6) is 0.977. The van der Waals surface area contributed by atoms with Gasteiger partial charge in [-0.1, -0.05) is 46.3 Å². The van der Waals surface area contributed by atoms with Crippen LogP contribution in [0.25, 0.3) is 10.8 Å². The standard InChI is InChI=1S/C16H19BrO2/c1-18-9-4-10-19-16-12-13(7-8-17)11-14-5-2-3-6-15(14)16/h2-3,5-6,11-12H,4,7-10H2,1H3. The van der Waals surface area contributed by atoms with Crippen LogP contribution in [0.1, 0.15) is 12.0 Å². The highest BCUT2D eigenvalue weighted by atomic mass is 79.9. The second kappa shape index (κ2) is 7.51. The summed E-state index contributed by atoms with van der Waals surface area (Å²) in [6.07, 6.45) is 1.92. The number of benzene rings is 2. The van der Waals surface area contributed by atoms with Gasteiger partial charge in [-0.15, -0.1) is 0 Å². The first-order chi connectivity index (χ1) is 9.35. The van der Waals surface area contributed by atoms with Gasteiger partial charge >= 0.3 is 0 Å². The van der Waals surface area contributed by atoms with Crippen molar-refractivity contribution in [3.05, 3.63) is 42.0 Å². The van der Waals surface area contributed by atoms with Gasteiger partial charge in [0.05, 0.1) is 6.61 Å². The quantitative estimate of drug-likeness (QED) is 0.562. The van der Waals surface area contributed by atoms with Gasteiger partial charge in [-0.2, -0.15) is 0 Å². The zero-order chi connectivity index (χ0) is 13.5. The molecule has 2 nitrogen and oxygen atoms in total. The van der Waals surface area contributed by atoms with E-state index in [1.165, 1.54) is 16.3 Å². The fourth-order valence-corrected chi connectivity index (χ4v) is 2.55. The molecule has 0 unspecified atom stereocenters. The number of aryl methyl sites for hydroxylation is 1. The summed E-state index contributed by atoms with van der Waals surface area (Å²) < 4.78 is 11.0. The molecule has 0 saturated heterocycles. The van der Waals surface area contributed by atoms with Crippen LogP contribution in [-0.2, 0) is 11.2 Å². The Morgan fingerprint density at radius 1 is 1.11 bits per heavy atom. The topological polar surface area (TPSA) is 18.5 Å². The van der Waals surface area contributed by atoms with Gasteiger partial charge in [0.2, 0.25) is 0 Å². The van der Waals surface area contributed by atoms with E-state index in [1.54, 1.807) is 7.11 Å². The van der Waals surface area contributed by atoms with E-state index in [0.717, 1.165) is 30.5 Å². The number of hydrogen-bond donors (Lipinski definition) is 0. The molecule has 0 aliphatic heterocycles. The van der Waals surface area contributed by atoms with Crippen molar-refractivity contribution in [2.75, 3.05) is 25.7 Å². The lowest BCUT2D eigenvalue weighted by molar-refractivity contribution is 0.172. The van der Waals surface area contributed by atoms with Gasteiger partial charge < -0.3 is 9.47 Å². The monoisotopic (exact) mass is 322 g/mol. The van der Waals surface area contributed by atoms with Gasteiger partial charge in [0.1, 0.15) is 5.75 Å². The molecule has 3 heteroatoms. The maximum Gasteiger partial charge on any atom is 0.127 e. The minimum absolute atomic E-state index is 0.690. The summed E-state index contributed by atoms with van der Waals surface area (Å²) in [4.78, 5) is 0. The number of fused-ring (bicyclic) bond motifs is 1. The van der Waals surface area contributed by atoms with Crippen LogP contribution in [0.5, 0.6) is 5.75 Å². The van der Waals surface area contributed by atoms with Crippen LogP contribution in [0.2, 0.25) is 0 Å². The summed E-state index contributed by atoms with van der Waals surface area (Å²) >= 11 is 3.49. The molecule has 0 spiro atoms. The molecule has 0 aliphatic rings. The molecule has 0 aromatic heterocycles. The highest BCUT2D eigenvalue weighted by Gasteiger charge is 2.05. The molecule has 0 aliphatic carbocycles. The predicted octanol–water partition coefficient (Wildman–Crippen LogP) is 4.19. The Hall–Kier alpha value is -1.06. The van der Waals surface area contributed by atoms with Crippen LogP contribution in [0.15, 0.2) is 36.4 Å². The van der Waals surface area contributed by atoms with Crippen LogP contribution in [0.3, 0.4) is 0 Å². The van der Waals surface area contributed by atoms with E-state index in [2.05, 4.69) is 52.3 Å². The first-order valence-corrected chi connectivity index (χ1v) is 7.66. The zero-order valence-corrected chi connectivity index (χ0v) is 12.8. The lowest BCUT2D eigenvalue weighted by atomic mass is 10.0. The van der Waals surface area contributed by atoms with Crippen LogP contribution in [0, 0.1) is 0 Å². The Morgan fingerprint density at radius 2 is 1.95 bits per heavy atom. The van der Waals surface area contributed by atoms with Crippen molar-refractivity contribution in [2.45, 2.75) is 12.8 Å². The van der Waals surface area contributed by atoms with Crippen molar-refractivity contribution in [1.82, 2.24) is 0 Å². The molecule has 0 saturated carbocycles. The van der Waals surface area contributed by atoms with Gasteiger partial charge in [0.25, 0.3) is 0 Å². The number of alkyl halides is 1. The van der Waals surface area contributed by atoms with Gasteiger partial charge in [-0.05, 0) is 23.4 Å². The molecule has 0 amide bonds. The smallest absolute Gasteiger partial charge is 0.127 e. The molecule has 19 heavy (non-hydrogen) atoms. The van der Waals surface area contributed by atoms with E-state index in [9.17, 15) is 0 Å². The Bertz CT molecular complexity index is 525. The van der Waals surface area contributed by atoms with Crippen molar-refractivity contribution in [3.63, 3.8) is 0 Å². The third-order valence-electron chi connectivity index (χ3n) is 3.02. The Labute approximate surface area is 122 Å². The van der Waals surface area contributed by atoms with E-state index in [1.807, 2.05) is 0 Å². The normalized spacial score (nSPS) is 10.8. The molecule has 2 rings (SSSR count). The van der Waals surface area contributed by atoms with Crippen LogP contribution in [-0.4, -0.2) is 25.7 Å². The fraction of sp³-hybridized carbons (Fsp3) is 0.375. The molecule has 0 fully saturated rings. The largest absolute Gasteiger partial charge is 0.493 e. The SMILES string of the molecule is COCCCOc1cc(CCBr)cc2ccccc12. The molecule has 2 aromatic rings. The van der Waals surface area contributed by atoms with Crippen molar-refractivity contribution < 1.29 is 9.47 Å². The predicted molar refractivity (Wildman–Crippen MR) is 83.4 cm³/mol. The Kier molecular flexibility index (Phi) is 5.67. The van der Waals surface area contributed by atoms with Crippen molar-refractivity contribution >= 4 is 26.7 Å². The van der Waals surface area contributed by atoms with Crippen LogP contribution >= 0.6 is 15.9 Å². The molecule has 2 aromatic carbocycles. The van der Waals surface area contributed by atoms with Gasteiger partial charge in [0, 0.05) is 30.9 Å².